The number of methoxy groups -OCH3 is 1. The van der Waals surface area contributed by atoms with Gasteiger partial charge in [-0.3, -0.25) is 10.1 Å². The fourth-order valence-corrected chi connectivity index (χ4v) is 2.67. The van der Waals surface area contributed by atoms with Gasteiger partial charge in [-0.25, -0.2) is 0 Å². The third-order valence-corrected chi connectivity index (χ3v) is 3.73. The molecule has 0 amide bonds. The van der Waals surface area contributed by atoms with Gasteiger partial charge in [0.05, 0.1) is 29.9 Å². The van der Waals surface area contributed by atoms with Gasteiger partial charge >= 0.3 is 0 Å². The molecule has 2 unspecified atom stereocenters. The Morgan fingerprint density at radius 1 is 1.52 bits per heavy atom. The van der Waals surface area contributed by atoms with E-state index in [1.165, 1.54) is 19.2 Å². The topological polar surface area (TPSA) is 73.6 Å². The Hall–Kier alpha value is -1.82. The molecule has 1 aliphatic heterocycles. The van der Waals surface area contributed by atoms with E-state index in [2.05, 4.69) is 12.2 Å². The first-order valence-corrected chi connectivity index (χ1v) is 7.34. The largest absolute Gasteiger partial charge is 0.494 e. The van der Waals surface area contributed by atoms with Crippen molar-refractivity contribution in [3.63, 3.8) is 0 Å². The fourth-order valence-electron chi connectivity index (χ4n) is 2.67. The lowest BCUT2D eigenvalue weighted by atomic mass is 10.00. The molecule has 2 rings (SSSR count). The van der Waals surface area contributed by atoms with E-state index in [4.69, 9.17) is 9.47 Å². The predicted molar refractivity (Wildman–Crippen MR) is 80.9 cm³/mol. The fraction of sp³-hybridized carbons (Fsp3) is 0.600. The van der Waals surface area contributed by atoms with Gasteiger partial charge in [0.25, 0.3) is 5.69 Å². The molecule has 1 aromatic carbocycles. The Kier molecular flexibility index (Phi) is 5.38. The van der Waals surface area contributed by atoms with E-state index in [-0.39, 0.29) is 5.69 Å². The summed E-state index contributed by atoms with van der Waals surface area (Å²) >= 11 is 0. The molecule has 0 bridgehead atoms. The second kappa shape index (κ2) is 7.26. The molecule has 1 aliphatic rings. The van der Waals surface area contributed by atoms with Gasteiger partial charge in [-0.2, -0.15) is 0 Å². The number of rotatable bonds is 6. The van der Waals surface area contributed by atoms with Gasteiger partial charge in [-0.15, -0.1) is 0 Å². The summed E-state index contributed by atoms with van der Waals surface area (Å²) in [5.74, 6) is 0.503. The normalized spacial score (nSPS) is 21.8. The maximum Gasteiger partial charge on any atom is 0.273 e. The first kappa shape index (κ1) is 15.6. The van der Waals surface area contributed by atoms with Crippen LogP contribution in [0.25, 0.3) is 0 Å². The quantitative estimate of drug-likeness (QED) is 0.643. The average molecular weight is 294 g/mol. The zero-order valence-electron chi connectivity index (χ0n) is 12.5. The van der Waals surface area contributed by atoms with Crippen molar-refractivity contribution in [1.82, 2.24) is 0 Å². The number of nitrogens with zero attached hydrogens (tertiary/aromatic N) is 1. The smallest absolute Gasteiger partial charge is 0.273 e. The van der Waals surface area contributed by atoms with Crippen LogP contribution in [-0.2, 0) is 4.74 Å². The maximum absolute atomic E-state index is 10.8. The summed E-state index contributed by atoms with van der Waals surface area (Å²) in [6.45, 7) is 2.90. The highest BCUT2D eigenvalue weighted by Gasteiger charge is 2.23. The van der Waals surface area contributed by atoms with Crippen molar-refractivity contribution in [1.29, 1.82) is 0 Å². The highest BCUT2D eigenvalue weighted by Crippen LogP contribution is 2.31. The summed E-state index contributed by atoms with van der Waals surface area (Å²) in [6, 6.07) is 4.96. The summed E-state index contributed by atoms with van der Waals surface area (Å²) in [4.78, 5) is 10.4. The summed E-state index contributed by atoms with van der Waals surface area (Å²) in [5, 5.41) is 14.2. The van der Waals surface area contributed by atoms with Crippen molar-refractivity contribution in [2.45, 2.75) is 44.8 Å². The van der Waals surface area contributed by atoms with E-state index in [9.17, 15) is 10.1 Å². The number of benzene rings is 1. The molecule has 1 fully saturated rings. The van der Waals surface area contributed by atoms with Crippen LogP contribution in [0.4, 0.5) is 11.4 Å². The van der Waals surface area contributed by atoms with Gasteiger partial charge in [0.1, 0.15) is 5.75 Å². The molecule has 1 heterocycles. The molecule has 0 saturated carbocycles. The molecule has 0 radical (unpaired) electrons. The number of ether oxygens (including phenoxy) is 2. The van der Waals surface area contributed by atoms with Crippen molar-refractivity contribution in [3.8, 4) is 5.75 Å². The lowest BCUT2D eigenvalue weighted by Gasteiger charge is -2.31. The van der Waals surface area contributed by atoms with Gasteiger partial charge in [0.2, 0.25) is 0 Å². The number of nitro groups is 1. The van der Waals surface area contributed by atoms with Crippen LogP contribution < -0.4 is 10.1 Å². The molecule has 1 saturated heterocycles. The lowest BCUT2D eigenvalue weighted by molar-refractivity contribution is -0.384. The van der Waals surface area contributed by atoms with Crippen LogP contribution in [0.15, 0.2) is 18.2 Å². The Balaban J connectivity index is 2.06. The number of nitrogens with one attached hydrogen (secondary N) is 1. The van der Waals surface area contributed by atoms with E-state index in [0.717, 1.165) is 38.0 Å². The number of hydrogen-bond acceptors (Lipinski definition) is 5. The minimum Gasteiger partial charge on any atom is -0.494 e. The van der Waals surface area contributed by atoms with E-state index in [0.29, 0.717) is 17.9 Å². The summed E-state index contributed by atoms with van der Waals surface area (Å²) < 4.78 is 11.0. The minimum atomic E-state index is -0.419. The Bertz CT molecular complexity index is 491. The Morgan fingerprint density at radius 3 is 3.00 bits per heavy atom. The number of hydrogen-bond donors (Lipinski definition) is 1. The van der Waals surface area contributed by atoms with Crippen LogP contribution in [0.2, 0.25) is 0 Å². The summed E-state index contributed by atoms with van der Waals surface area (Å²) in [5.41, 5.74) is 0.832. The van der Waals surface area contributed by atoms with Crippen molar-refractivity contribution in [2.24, 2.45) is 0 Å². The third kappa shape index (κ3) is 4.07. The van der Waals surface area contributed by atoms with Crippen molar-refractivity contribution in [2.75, 3.05) is 19.0 Å². The minimum absolute atomic E-state index is 0.0354. The second-order valence-electron chi connectivity index (χ2n) is 5.29. The summed E-state index contributed by atoms with van der Waals surface area (Å²) in [7, 11) is 1.52. The van der Waals surface area contributed by atoms with Crippen LogP contribution in [0.1, 0.15) is 32.6 Å². The van der Waals surface area contributed by atoms with Crippen LogP contribution in [0.3, 0.4) is 0 Å². The molecule has 6 heteroatoms. The van der Waals surface area contributed by atoms with Crippen molar-refractivity contribution < 1.29 is 14.4 Å². The highest BCUT2D eigenvalue weighted by atomic mass is 16.6. The van der Waals surface area contributed by atoms with E-state index < -0.39 is 4.92 Å². The molecule has 1 aromatic rings. The zero-order valence-corrected chi connectivity index (χ0v) is 12.5. The number of non-ortho nitro benzene ring substituents is 1. The number of anilines is 1. The van der Waals surface area contributed by atoms with E-state index in [1.807, 2.05) is 0 Å². The lowest BCUT2D eigenvalue weighted by Crippen LogP contribution is -2.34. The van der Waals surface area contributed by atoms with Gasteiger partial charge in [-0.05, 0) is 25.3 Å². The second-order valence-corrected chi connectivity index (χ2v) is 5.29. The molecule has 21 heavy (non-hydrogen) atoms. The van der Waals surface area contributed by atoms with Crippen LogP contribution >= 0.6 is 0 Å². The SMILES string of the molecule is CCCC1CC(Nc2ccc([N+](=O)[O-])cc2OC)CCO1. The third-order valence-electron chi connectivity index (χ3n) is 3.73. The molecule has 0 aromatic heterocycles. The molecule has 1 N–H and O–H groups in total. The van der Waals surface area contributed by atoms with Gasteiger partial charge in [0.15, 0.2) is 0 Å². The van der Waals surface area contributed by atoms with Gasteiger partial charge in [-0.1, -0.05) is 13.3 Å². The average Bonchev–Trinajstić information content (AvgIpc) is 2.48. The molecular formula is C15H22N2O4. The molecule has 116 valence electrons. The summed E-state index contributed by atoms with van der Waals surface area (Å²) in [6.07, 6.45) is 4.35. The monoisotopic (exact) mass is 294 g/mol. The number of nitro benzene ring substituents is 1. The van der Waals surface area contributed by atoms with Crippen LogP contribution in [-0.4, -0.2) is 30.8 Å². The maximum atomic E-state index is 10.8. The standard InChI is InChI=1S/C15H22N2O4/c1-3-4-13-9-11(7-8-21-13)16-14-6-5-12(17(18)19)10-15(14)20-2/h5-6,10-11,13,16H,3-4,7-9H2,1-2H3. The Morgan fingerprint density at radius 2 is 2.33 bits per heavy atom. The van der Waals surface area contributed by atoms with Crippen LogP contribution in [0.5, 0.6) is 5.75 Å². The molecule has 0 spiro atoms. The van der Waals surface area contributed by atoms with Gasteiger partial charge < -0.3 is 14.8 Å². The molecule has 2 atom stereocenters. The molecular weight excluding hydrogens is 272 g/mol. The predicted octanol–water partition coefficient (Wildman–Crippen LogP) is 3.36. The van der Waals surface area contributed by atoms with E-state index >= 15 is 0 Å². The zero-order chi connectivity index (χ0) is 15.2. The van der Waals surface area contributed by atoms with E-state index in [1.54, 1.807) is 6.07 Å². The molecule has 0 aliphatic carbocycles. The first-order chi connectivity index (χ1) is 10.1. The Labute approximate surface area is 124 Å². The highest BCUT2D eigenvalue weighted by molar-refractivity contribution is 5.61. The molecule has 6 nitrogen and oxygen atoms in total. The van der Waals surface area contributed by atoms with Crippen LogP contribution in [0, 0.1) is 10.1 Å². The first-order valence-electron chi connectivity index (χ1n) is 7.34. The van der Waals surface area contributed by atoms with Gasteiger partial charge in [0, 0.05) is 18.7 Å². The van der Waals surface area contributed by atoms with Crippen molar-refractivity contribution >= 4 is 11.4 Å². The van der Waals surface area contributed by atoms with Crippen molar-refractivity contribution in [3.05, 3.63) is 28.3 Å².